The molecular formula is C13H20N2O. The van der Waals surface area contributed by atoms with Crippen LogP contribution in [0.15, 0.2) is 18.3 Å². The van der Waals surface area contributed by atoms with Gasteiger partial charge in [-0.2, -0.15) is 0 Å². The molecule has 88 valence electrons. The van der Waals surface area contributed by atoms with Crippen molar-refractivity contribution in [3.63, 3.8) is 0 Å². The van der Waals surface area contributed by atoms with Crippen LogP contribution in [-0.4, -0.2) is 10.9 Å². The van der Waals surface area contributed by atoms with Gasteiger partial charge in [0.25, 0.3) is 0 Å². The molecule has 0 atom stereocenters. The Hall–Kier alpha value is -1.38. The highest BCUT2D eigenvalue weighted by Gasteiger charge is 2.25. The minimum Gasteiger partial charge on any atom is -0.310 e. The number of pyridine rings is 1. The summed E-state index contributed by atoms with van der Waals surface area (Å²) >= 11 is 0. The smallest absolute Gasteiger partial charge is 0.228 e. The zero-order valence-electron chi connectivity index (χ0n) is 10.3. The quantitative estimate of drug-likeness (QED) is 0.831. The molecule has 1 amide bonds. The van der Waals surface area contributed by atoms with Gasteiger partial charge in [-0.15, -0.1) is 0 Å². The van der Waals surface area contributed by atoms with E-state index < -0.39 is 0 Å². The van der Waals surface area contributed by atoms with Crippen LogP contribution in [0.2, 0.25) is 0 Å². The zero-order chi connectivity index (χ0) is 12.0. The summed E-state index contributed by atoms with van der Waals surface area (Å²) in [6, 6.07) is 3.80. The predicted octanol–water partition coefficient (Wildman–Crippen LogP) is 3.15. The van der Waals surface area contributed by atoms with Gasteiger partial charge in [0.1, 0.15) is 5.82 Å². The lowest BCUT2D eigenvalue weighted by Crippen LogP contribution is -2.28. The lowest BCUT2D eigenvalue weighted by atomic mass is 9.85. The molecular weight excluding hydrogens is 200 g/mol. The Morgan fingerprint density at radius 3 is 2.62 bits per heavy atom. The average Bonchev–Trinajstić information content (AvgIpc) is 2.17. The van der Waals surface area contributed by atoms with Crippen molar-refractivity contribution >= 4 is 11.7 Å². The molecule has 1 aromatic rings. The highest BCUT2D eigenvalue weighted by atomic mass is 16.2. The van der Waals surface area contributed by atoms with E-state index in [9.17, 15) is 4.79 Å². The number of hydrogen-bond donors (Lipinski definition) is 1. The number of amides is 1. The van der Waals surface area contributed by atoms with E-state index in [0.717, 1.165) is 18.4 Å². The molecule has 3 heteroatoms. The molecule has 0 aliphatic heterocycles. The number of carbonyl (C=O) groups excluding carboxylic acids is 1. The van der Waals surface area contributed by atoms with Crippen LogP contribution >= 0.6 is 0 Å². The molecule has 0 radical (unpaired) electrons. The zero-order valence-corrected chi connectivity index (χ0v) is 10.3. The number of aryl methyl sites for hydroxylation is 1. The second-order valence-electron chi connectivity index (χ2n) is 3.84. The number of nitrogens with zero attached hydrogens (tertiary/aromatic N) is 1. The van der Waals surface area contributed by atoms with Crippen LogP contribution in [0.4, 0.5) is 5.82 Å². The number of aromatic nitrogens is 1. The van der Waals surface area contributed by atoms with Crippen molar-refractivity contribution in [3.8, 4) is 0 Å². The molecule has 1 aliphatic carbocycles. The van der Waals surface area contributed by atoms with Gasteiger partial charge in [0.15, 0.2) is 0 Å². The van der Waals surface area contributed by atoms with E-state index in [1.165, 1.54) is 6.42 Å². The molecule has 0 bridgehead atoms. The summed E-state index contributed by atoms with van der Waals surface area (Å²) in [6.07, 6.45) is 4.94. The summed E-state index contributed by atoms with van der Waals surface area (Å²) < 4.78 is 0. The fourth-order valence-corrected chi connectivity index (χ4v) is 1.50. The van der Waals surface area contributed by atoms with Crippen LogP contribution in [-0.2, 0) is 4.79 Å². The van der Waals surface area contributed by atoms with Gasteiger partial charge in [-0.1, -0.05) is 20.3 Å². The van der Waals surface area contributed by atoms with E-state index in [2.05, 4.69) is 10.3 Å². The van der Waals surface area contributed by atoms with Crippen LogP contribution in [0.3, 0.4) is 0 Å². The fraction of sp³-hybridized carbons (Fsp3) is 0.538. The minimum atomic E-state index is 0.120. The Morgan fingerprint density at radius 1 is 1.44 bits per heavy atom. The van der Waals surface area contributed by atoms with Gasteiger partial charge in [-0.05, 0) is 37.5 Å². The van der Waals surface area contributed by atoms with Gasteiger partial charge in [-0.25, -0.2) is 4.98 Å². The molecule has 3 nitrogen and oxygen atoms in total. The number of anilines is 1. The Balaban J connectivity index is 0.000000606. The third-order valence-corrected chi connectivity index (χ3v) is 2.64. The largest absolute Gasteiger partial charge is 0.310 e. The van der Waals surface area contributed by atoms with Crippen molar-refractivity contribution in [1.29, 1.82) is 0 Å². The monoisotopic (exact) mass is 220 g/mol. The normalized spacial score (nSPS) is 14.4. The molecule has 0 unspecified atom stereocenters. The summed E-state index contributed by atoms with van der Waals surface area (Å²) in [7, 11) is 0. The maximum Gasteiger partial charge on any atom is 0.228 e. The second-order valence-corrected chi connectivity index (χ2v) is 3.84. The SMILES string of the molecule is CC.Cc1ccnc(NC(=O)C2CCC2)c1. The molecule has 0 aromatic carbocycles. The molecule has 1 aromatic heterocycles. The standard InChI is InChI=1S/C11H14N2O.C2H6/c1-8-5-6-12-10(7-8)13-11(14)9-3-2-4-9;1-2/h5-7,9H,2-4H2,1H3,(H,12,13,14);1-2H3. The second kappa shape index (κ2) is 6.26. The van der Waals surface area contributed by atoms with Crippen LogP contribution in [0.1, 0.15) is 38.7 Å². The van der Waals surface area contributed by atoms with E-state index in [0.29, 0.717) is 5.82 Å². The molecule has 1 saturated carbocycles. The van der Waals surface area contributed by atoms with Crippen LogP contribution in [0, 0.1) is 12.8 Å². The number of hydrogen-bond acceptors (Lipinski definition) is 2. The predicted molar refractivity (Wildman–Crippen MR) is 66.3 cm³/mol. The fourth-order valence-electron chi connectivity index (χ4n) is 1.50. The molecule has 1 heterocycles. The lowest BCUT2D eigenvalue weighted by Gasteiger charge is -2.23. The Kier molecular flexibility index (Phi) is 4.96. The Bertz CT molecular complexity index is 346. The van der Waals surface area contributed by atoms with E-state index >= 15 is 0 Å². The van der Waals surface area contributed by atoms with E-state index in [-0.39, 0.29) is 11.8 Å². The number of nitrogens with one attached hydrogen (secondary N) is 1. The van der Waals surface area contributed by atoms with E-state index in [1.807, 2.05) is 32.9 Å². The van der Waals surface area contributed by atoms with E-state index in [1.54, 1.807) is 6.20 Å². The topological polar surface area (TPSA) is 42.0 Å². The van der Waals surface area contributed by atoms with E-state index in [4.69, 9.17) is 0 Å². The van der Waals surface area contributed by atoms with Crippen LogP contribution in [0.25, 0.3) is 0 Å². The number of carbonyl (C=O) groups is 1. The van der Waals surface area contributed by atoms with Crippen molar-refractivity contribution in [2.75, 3.05) is 5.32 Å². The molecule has 1 fully saturated rings. The Morgan fingerprint density at radius 2 is 2.12 bits per heavy atom. The van der Waals surface area contributed by atoms with Gasteiger partial charge in [0, 0.05) is 12.1 Å². The first-order valence-electron chi connectivity index (χ1n) is 5.99. The third-order valence-electron chi connectivity index (χ3n) is 2.64. The van der Waals surface area contributed by atoms with Crippen molar-refractivity contribution < 1.29 is 4.79 Å². The first-order valence-corrected chi connectivity index (χ1v) is 5.99. The van der Waals surface area contributed by atoms with Gasteiger partial charge in [0.2, 0.25) is 5.91 Å². The van der Waals surface area contributed by atoms with Gasteiger partial charge >= 0.3 is 0 Å². The summed E-state index contributed by atoms with van der Waals surface area (Å²) in [6.45, 7) is 5.99. The van der Waals surface area contributed by atoms with Crippen molar-refractivity contribution in [1.82, 2.24) is 4.98 Å². The van der Waals surface area contributed by atoms with Gasteiger partial charge in [0.05, 0.1) is 0 Å². The molecule has 2 rings (SSSR count). The number of rotatable bonds is 2. The first-order chi connectivity index (χ1) is 7.75. The van der Waals surface area contributed by atoms with Crippen molar-refractivity contribution in [2.24, 2.45) is 5.92 Å². The molecule has 1 aliphatic rings. The summed E-state index contributed by atoms with van der Waals surface area (Å²) in [5.74, 6) is 1.01. The van der Waals surface area contributed by atoms with Crippen molar-refractivity contribution in [2.45, 2.75) is 40.0 Å². The average molecular weight is 220 g/mol. The maximum absolute atomic E-state index is 11.6. The molecule has 0 saturated heterocycles. The van der Waals surface area contributed by atoms with Gasteiger partial charge < -0.3 is 5.32 Å². The lowest BCUT2D eigenvalue weighted by molar-refractivity contribution is -0.122. The summed E-state index contributed by atoms with van der Waals surface area (Å²) in [5, 5.41) is 2.83. The maximum atomic E-state index is 11.6. The molecule has 0 spiro atoms. The minimum absolute atomic E-state index is 0.120. The van der Waals surface area contributed by atoms with Crippen LogP contribution in [0.5, 0.6) is 0 Å². The third kappa shape index (κ3) is 3.33. The Labute approximate surface area is 97.3 Å². The van der Waals surface area contributed by atoms with Gasteiger partial charge in [-0.3, -0.25) is 4.79 Å². The first kappa shape index (κ1) is 12.7. The summed E-state index contributed by atoms with van der Waals surface area (Å²) in [4.78, 5) is 15.6. The highest BCUT2D eigenvalue weighted by molar-refractivity contribution is 5.92. The molecule has 1 N–H and O–H groups in total. The summed E-state index contributed by atoms with van der Waals surface area (Å²) in [5.41, 5.74) is 1.11. The highest BCUT2D eigenvalue weighted by Crippen LogP contribution is 2.27. The molecule has 16 heavy (non-hydrogen) atoms. The van der Waals surface area contributed by atoms with Crippen LogP contribution < -0.4 is 5.32 Å². The van der Waals surface area contributed by atoms with Crippen molar-refractivity contribution in [3.05, 3.63) is 23.9 Å².